The highest BCUT2D eigenvalue weighted by Crippen LogP contribution is 2.32. The van der Waals surface area contributed by atoms with E-state index in [0.29, 0.717) is 30.9 Å². The van der Waals surface area contributed by atoms with Gasteiger partial charge in [0, 0.05) is 41.9 Å². The van der Waals surface area contributed by atoms with Crippen LogP contribution in [-0.4, -0.2) is 43.2 Å². The lowest BCUT2D eigenvalue weighted by Gasteiger charge is -2.26. The van der Waals surface area contributed by atoms with Gasteiger partial charge in [-0.15, -0.1) is 11.3 Å². The van der Waals surface area contributed by atoms with Gasteiger partial charge in [0.25, 0.3) is 0 Å². The average molecular weight is 673 g/mol. The lowest BCUT2D eigenvalue weighted by molar-refractivity contribution is 0.0696. The van der Waals surface area contributed by atoms with Crippen molar-refractivity contribution in [1.82, 2.24) is 24.8 Å². The highest BCUT2D eigenvalue weighted by atomic mass is 32.2. The number of aryl methyl sites for hydroxylation is 3. The Balaban J connectivity index is 1.36. The number of hydrogen-bond acceptors (Lipinski definition) is 9. The number of carboxylic acid groups (broad SMARTS) is 1. The van der Waals surface area contributed by atoms with Crippen LogP contribution in [0.5, 0.6) is 5.88 Å². The van der Waals surface area contributed by atoms with E-state index in [0.717, 1.165) is 44.4 Å². The van der Waals surface area contributed by atoms with Gasteiger partial charge in [0.05, 0.1) is 16.0 Å². The lowest BCUT2D eigenvalue weighted by Crippen LogP contribution is -2.37. The predicted octanol–water partition coefficient (Wildman–Crippen LogP) is 8.62. The van der Waals surface area contributed by atoms with E-state index in [2.05, 4.69) is 88.3 Å². The quantitative estimate of drug-likeness (QED) is 0.106. The number of hydrogen-bond donors (Lipinski definition) is 3. The van der Waals surface area contributed by atoms with Crippen LogP contribution in [0, 0.1) is 19.3 Å². The minimum atomic E-state index is -0.974. The normalized spacial score (nSPS) is 12.5. The molecular weight excluding hydrogens is 629 g/mol. The molecule has 0 spiro atoms. The number of aromatic carboxylic acids is 1. The van der Waals surface area contributed by atoms with Gasteiger partial charge in [0.2, 0.25) is 11.8 Å². The van der Waals surface area contributed by atoms with Gasteiger partial charge in [-0.25, -0.2) is 14.8 Å². The van der Waals surface area contributed by atoms with Crippen LogP contribution >= 0.6 is 23.3 Å². The number of aromatic nitrogens is 4. The van der Waals surface area contributed by atoms with Crippen molar-refractivity contribution in [2.75, 3.05) is 11.3 Å². The molecule has 0 aliphatic rings. The van der Waals surface area contributed by atoms with E-state index in [-0.39, 0.29) is 17.0 Å². The van der Waals surface area contributed by atoms with Crippen LogP contribution in [0.1, 0.15) is 79.1 Å². The Morgan fingerprint density at radius 2 is 1.77 bits per heavy atom. The fraction of sp³-hybridized carbons (Fsp3) is 0.389. The van der Waals surface area contributed by atoms with Crippen molar-refractivity contribution in [3.8, 4) is 17.1 Å². The zero-order chi connectivity index (χ0) is 33.9. The van der Waals surface area contributed by atoms with Gasteiger partial charge in [-0.3, -0.25) is 4.72 Å². The molecule has 5 aromatic rings. The second-order valence-corrected chi connectivity index (χ2v) is 15.4. The molecule has 3 heterocycles. The number of nitrogens with one attached hydrogen (secondary N) is 2. The Kier molecular flexibility index (Phi) is 10.6. The van der Waals surface area contributed by atoms with E-state index in [1.54, 1.807) is 29.5 Å². The maximum absolute atomic E-state index is 11.5. The molecule has 0 bridgehead atoms. The zero-order valence-electron chi connectivity index (χ0n) is 28.3. The summed E-state index contributed by atoms with van der Waals surface area (Å²) in [5, 5.41) is 14.2. The molecule has 0 aliphatic carbocycles. The van der Waals surface area contributed by atoms with Crippen molar-refractivity contribution in [2.24, 2.45) is 12.5 Å². The van der Waals surface area contributed by atoms with Crippen molar-refractivity contribution in [3.05, 3.63) is 82.0 Å². The van der Waals surface area contributed by atoms with Crippen LogP contribution in [-0.2, 0) is 13.6 Å². The molecule has 248 valence electrons. The number of ether oxygens (including phenoxy) is 1. The molecule has 0 radical (unpaired) electrons. The van der Waals surface area contributed by atoms with Gasteiger partial charge in [-0.2, -0.15) is 4.98 Å². The molecule has 2 aromatic carbocycles. The average Bonchev–Trinajstić information content (AvgIpc) is 3.55. The van der Waals surface area contributed by atoms with Gasteiger partial charge in [-0.1, -0.05) is 58.9 Å². The molecule has 1 atom stereocenters. The van der Waals surface area contributed by atoms with Gasteiger partial charge in [0.15, 0.2) is 5.65 Å². The summed E-state index contributed by atoms with van der Waals surface area (Å²) in [5.74, 6) is 0.312. The molecule has 11 heteroatoms. The second kappa shape index (κ2) is 14.5. The third kappa shape index (κ3) is 8.71. The fourth-order valence-corrected chi connectivity index (χ4v) is 7.35. The van der Waals surface area contributed by atoms with Crippen molar-refractivity contribution >= 4 is 45.5 Å². The summed E-state index contributed by atoms with van der Waals surface area (Å²) in [6, 6.07) is 17.1. The Bertz CT molecular complexity index is 1850. The summed E-state index contributed by atoms with van der Waals surface area (Å²) in [7, 11) is 2.09. The number of carboxylic acids is 1. The van der Waals surface area contributed by atoms with Gasteiger partial charge in [-0.05, 0) is 78.9 Å². The van der Waals surface area contributed by atoms with Crippen molar-refractivity contribution in [3.63, 3.8) is 0 Å². The van der Waals surface area contributed by atoms with Gasteiger partial charge in [0.1, 0.15) is 11.6 Å². The summed E-state index contributed by atoms with van der Waals surface area (Å²) in [6.07, 6.45) is 0.894. The number of rotatable bonds is 13. The van der Waals surface area contributed by atoms with Crippen molar-refractivity contribution in [1.29, 1.82) is 0 Å². The van der Waals surface area contributed by atoms with Crippen LogP contribution in [0.3, 0.4) is 0 Å². The topological polar surface area (TPSA) is 114 Å². The number of carbonyl (C=O) groups is 1. The first-order valence-electron chi connectivity index (χ1n) is 15.8. The summed E-state index contributed by atoms with van der Waals surface area (Å²) in [5.41, 5.74) is 6.61. The van der Waals surface area contributed by atoms with Crippen LogP contribution < -0.4 is 14.8 Å². The van der Waals surface area contributed by atoms with Crippen LogP contribution in [0.4, 0.5) is 5.95 Å². The number of anilines is 1. The predicted molar refractivity (Wildman–Crippen MR) is 193 cm³/mol. The molecule has 3 aromatic heterocycles. The Hall–Kier alpha value is -3.93. The van der Waals surface area contributed by atoms with Gasteiger partial charge < -0.3 is 19.7 Å². The number of nitrogens with zero attached hydrogens (tertiary/aromatic N) is 4. The molecule has 0 saturated carbocycles. The molecular formula is C36H44N6O3S2. The third-order valence-electron chi connectivity index (χ3n) is 7.87. The maximum atomic E-state index is 11.5. The van der Waals surface area contributed by atoms with E-state index in [9.17, 15) is 9.90 Å². The first kappa shape index (κ1) is 34.4. The SMILES string of the molecule is Cc1cccc(C)c1-c1cc(OCC(CC(C)(C)C)NCc2nc3c(cc(C(C)C)n3C)s2)nc(NSc2cccc(C(=O)O)c2)n1. The summed E-state index contributed by atoms with van der Waals surface area (Å²) >= 11 is 2.99. The molecule has 9 nitrogen and oxygen atoms in total. The summed E-state index contributed by atoms with van der Waals surface area (Å²) in [6.45, 7) is 16.3. The van der Waals surface area contributed by atoms with Crippen LogP contribution in [0.15, 0.2) is 59.5 Å². The molecule has 1 unspecified atom stereocenters. The van der Waals surface area contributed by atoms with Crippen LogP contribution in [0.2, 0.25) is 0 Å². The smallest absolute Gasteiger partial charge is 0.335 e. The Labute approximate surface area is 285 Å². The van der Waals surface area contributed by atoms with E-state index in [1.807, 2.05) is 18.2 Å². The molecule has 0 fully saturated rings. The summed E-state index contributed by atoms with van der Waals surface area (Å²) in [4.78, 5) is 26.7. The minimum absolute atomic E-state index is 0.0522. The second-order valence-electron chi connectivity index (χ2n) is 13.5. The Morgan fingerprint density at radius 1 is 1.04 bits per heavy atom. The first-order valence-corrected chi connectivity index (χ1v) is 17.4. The highest BCUT2D eigenvalue weighted by Gasteiger charge is 2.22. The van der Waals surface area contributed by atoms with Gasteiger partial charge >= 0.3 is 5.97 Å². The van der Waals surface area contributed by atoms with Crippen molar-refractivity contribution < 1.29 is 14.6 Å². The number of benzene rings is 2. The van der Waals surface area contributed by atoms with E-state index in [1.165, 1.54) is 22.3 Å². The molecule has 5 rings (SSSR count). The third-order valence-corrected chi connectivity index (χ3v) is 9.63. The standard InChI is InChI=1S/C36H44N6O3S2/c1-21(2)28-17-29-33(42(28)8)40-31(46-29)19-37-25(18-36(5,6)7)20-45-30-16-27(32-22(3)11-9-12-23(32)4)38-35(39-30)41-47-26-14-10-13-24(15-26)34(43)44/h9-17,21,25,37H,18-20H2,1-8H3,(H,43,44)(H,38,39,41). The molecule has 3 N–H and O–H groups in total. The lowest BCUT2D eigenvalue weighted by atomic mass is 9.88. The number of fused-ring (bicyclic) bond motifs is 1. The summed E-state index contributed by atoms with van der Waals surface area (Å²) < 4.78 is 13.1. The first-order chi connectivity index (χ1) is 22.3. The molecule has 0 amide bonds. The van der Waals surface area contributed by atoms with Crippen LogP contribution in [0.25, 0.3) is 21.6 Å². The monoisotopic (exact) mass is 672 g/mol. The fourth-order valence-electron chi connectivity index (χ4n) is 5.72. The minimum Gasteiger partial charge on any atom is -0.478 e. The largest absolute Gasteiger partial charge is 0.478 e. The number of thiazole rings is 1. The maximum Gasteiger partial charge on any atom is 0.335 e. The molecule has 0 aliphatic heterocycles. The van der Waals surface area contributed by atoms with E-state index < -0.39 is 5.97 Å². The molecule has 47 heavy (non-hydrogen) atoms. The zero-order valence-corrected chi connectivity index (χ0v) is 30.0. The van der Waals surface area contributed by atoms with E-state index in [4.69, 9.17) is 19.7 Å². The Morgan fingerprint density at radius 3 is 2.43 bits per heavy atom. The van der Waals surface area contributed by atoms with E-state index >= 15 is 0 Å². The molecule has 0 saturated heterocycles. The van der Waals surface area contributed by atoms with Crippen molar-refractivity contribution in [2.45, 2.75) is 78.3 Å². The highest BCUT2D eigenvalue weighted by molar-refractivity contribution is 8.00.